The van der Waals surface area contributed by atoms with Crippen molar-refractivity contribution in [2.24, 2.45) is 5.92 Å². The minimum Gasteiger partial charge on any atom is -0.381 e. The predicted molar refractivity (Wildman–Crippen MR) is 37.0 cm³/mol. The van der Waals surface area contributed by atoms with Gasteiger partial charge in [0.25, 0.3) is 0 Å². The monoisotopic (exact) mass is 124 g/mol. The number of ether oxygens (including phenoxy) is 1. The van der Waals surface area contributed by atoms with E-state index < -0.39 is 0 Å². The fourth-order valence-electron chi connectivity index (χ4n) is 1.12. The van der Waals surface area contributed by atoms with Gasteiger partial charge in [0.05, 0.1) is 0 Å². The Morgan fingerprint density at radius 1 is 1.44 bits per heavy atom. The molecule has 1 saturated heterocycles. The highest BCUT2D eigenvalue weighted by Gasteiger charge is 2.11. The third-order valence-electron chi connectivity index (χ3n) is 1.75. The molecule has 0 atom stereocenters. The summed E-state index contributed by atoms with van der Waals surface area (Å²) in [5.74, 6) is 3.42. The molecular weight excluding hydrogens is 112 g/mol. The van der Waals surface area contributed by atoms with Gasteiger partial charge in [-0.1, -0.05) is 0 Å². The highest BCUT2D eigenvalue weighted by molar-refractivity contribution is 4.87. The van der Waals surface area contributed by atoms with E-state index in [1.807, 2.05) is 0 Å². The first-order valence-electron chi connectivity index (χ1n) is 3.44. The maximum atomic E-state index is 5.18. The fraction of sp³-hybridized carbons (Fsp3) is 0.750. The minimum absolute atomic E-state index is 0.740. The van der Waals surface area contributed by atoms with Crippen molar-refractivity contribution < 1.29 is 4.74 Å². The van der Waals surface area contributed by atoms with Gasteiger partial charge in [0.2, 0.25) is 0 Å². The lowest BCUT2D eigenvalue weighted by atomic mass is 9.97. The van der Waals surface area contributed by atoms with Crippen LogP contribution in [0.2, 0.25) is 0 Å². The van der Waals surface area contributed by atoms with E-state index in [0.29, 0.717) is 0 Å². The summed E-state index contributed by atoms with van der Waals surface area (Å²) in [7, 11) is 0. The van der Waals surface area contributed by atoms with Crippen LogP contribution in [0.15, 0.2) is 0 Å². The van der Waals surface area contributed by atoms with Crippen molar-refractivity contribution in [3.63, 3.8) is 0 Å². The zero-order chi connectivity index (χ0) is 6.53. The van der Waals surface area contributed by atoms with Crippen molar-refractivity contribution in [2.75, 3.05) is 13.2 Å². The van der Waals surface area contributed by atoms with E-state index in [9.17, 15) is 0 Å². The molecule has 1 nitrogen and oxygen atoms in total. The number of hydrogen-bond acceptors (Lipinski definition) is 1. The molecule has 0 amide bonds. The van der Waals surface area contributed by atoms with Crippen LogP contribution in [0.1, 0.15) is 19.3 Å². The van der Waals surface area contributed by atoms with Crippen molar-refractivity contribution in [3.05, 3.63) is 0 Å². The van der Waals surface area contributed by atoms with E-state index in [1.54, 1.807) is 0 Å². The van der Waals surface area contributed by atoms with Gasteiger partial charge in [0.1, 0.15) is 0 Å². The molecule has 0 N–H and O–H groups in total. The molecule has 0 aromatic rings. The molecule has 9 heavy (non-hydrogen) atoms. The SMILES string of the molecule is C#CCC1CCOCC1. The van der Waals surface area contributed by atoms with Crippen LogP contribution in [0.4, 0.5) is 0 Å². The van der Waals surface area contributed by atoms with E-state index in [0.717, 1.165) is 38.4 Å². The topological polar surface area (TPSA) is 9.23 Å². The van der Waals surface area contributed by atoms with Gasteiger partial charge in [-0.05, 0) is 18.8 Å². The molecule has 1 fully saturated rings. The average molecular weight is 124 g/mol. The molecule has 0 saturated carbocycles. The van der Waals surface area contributed by atoms with Crippen LogP contribution < -0.4 is 0 Å². The minimum atomic E-state index is 0.740. The molecule has 0 aliphatic carbocycles. The largest absolute Gasteiger partial charge is 0.381 e. The Kier molecular flexibility index (Phi) is 2.60. The highest BCUT2D eigenvalue weighted by atomic mass is 16.5. The Bertz CT molecular complexity index is 106. The standard InChI is InChI=1S/C8H12O/c1-2-3-8-4-6-9-7-5-8/h1,8H,3-7H2. The second kappa shape index (κ2) is 3.53. The van der Waals surface area contributed by atoms with E-state index in [2.05, 4.69) is 5.92 Å². The molecule has 1 aliphatic heterocycles. The van der Waals surface area contributed by atoms with Gasteiger partial charge in [-0.2, -0.15) is 0 Å². The van der Waals surface area contributed by atoms with E-state index in [1.165, 1.54) is 0 Å². The summed E-state index contributed by atoms with van der Waals surface area (Å²) in [5, 5.41) is 0. The predicted octanol–water partition coefficient (Wildman–Crippen LogP) is 1.44. The zero-order valence-electron chi connectivity index (χ0n) is 5.60. The molecule has 1 rings (SSSR count). The van der Waals surface area contributed by atoms with E-state index in [4.69, 9.17) is 11.2 Å². The van der Waals surface area contributed by atoms with E-state index >= 15 is 0 Å². The van der Waals surface area contributed by atoms with Gasteiger partial charge in [-0.15, -0.1) is 12.3 Å². The molecule has 1 aliphatic rings. The Morgan fingerprint density at radius 2 is 2.11 bits per heavy atom. The molecular formula is C8H12O. The van der Waals surface area contributed by atoms with Crippen molar-refractivity contribution >= 4 is 0 Å². The van der Waals surface area contributed by atoms with Gasteiger partial charge in [-0.25, -0.2) is 0 Å². The summed E-state index contributed by atoms with van der Waals surface area (Å²) in [4.78, 5) is 0. The second-order valence-electron chi connectivity index (χ2n) is 2.46. The lowest BCUT2D eigenvalue weighted by Crippen LogP contribution is -2.14. The van der Waals surface area contributed by atoms with Crippen LogP contribution >= 0.6 is 0 Å². The van der Waals surface area contributed by atoms with Gasteiger partial charge >= 0.3 is 0 Å². The first-order valence-corrected chi connectivity index (χ1v) is 3.44. The molecule has 50 valence electrons. The maximum absolute atomic E-state index is 5.18. The molecule has 0 aromatic carbocycles. The summed E-state index contributed by atoms with van der Waals surface area (Å²) in [6, 6.07) is 0. The molecule has 0 spiro atoms. The Morgan fingerprint density at radius 3 is 2.67 bits per heavy atom. The number of hydrogen-bond donors (Lipinski definition) is 0. The first-order chi connectivity index (χ1) is 4.43. The fourth-order valence-corrected chi connectivity index (χ4v) is 1.12. The van der Waals surface area contributed by atoms with Crippen LogP contribution in [0.5, 0.6) is 0 Å². The molecule has 0 radical (unpaired) electrons. The van der Waals surface area contributed by atoms with Crippen molar-refractivity contribution in [1.29, 1.82) is 0 Å². The Hall–Kier alpha value is -0.480. The normalized spacial score (nSPS) is 21.2. The van der Waals surface area contributed by atoms with Crippen LogP contribution in [0.25, 0.3) is 0 Å². The second-order valence-corrected chi connectivity index (χ2v) is 2.46. The molecule has 0 bridgehead atoms. The van der Waals surface area contributed by atoms with Gasteiger partial charge in [0, 0.05) is 19.6 Å². The Labute approximate surface area is 56.4 Å². The lowest BCUT2D eigenvalue weighted by Gasteiger charge is -2.19. The van der Waals surface area contributed by atoms with Gasteiger partial charge in [-0.3, -0.25) is 0 Å². The van der Waals surface area contributed by atoms with E-state index in [-0.39, 0.29) is 0 Å². The lowest BCUT2D eigenvalue weighted by molar-refractivity contribution is 0.0679. The summed E-state index contributed by atoms with van der Waals surface area (Å²) in [6.07, 6.45) is 8.42. The molecule has 1 heterocycles. The Balaban J connectivity index is 2.17. The summed E-state index contributed by atoms with van der Waals surface area (Å²) >= 11 is 0. The summed E-state index contributed by atoms with van der Waals surface area (Å²) in [5.41, 5.74) is 0. The smallest absolute Gasteiger partial charge is 0.0469 e. The number of terminal acetylenes is 1. The van der Waals surface area contributed by atoms with Crippen LogP contribution in [-0.4, -0.2) is 13.2 Å². The molecule has 0 aromatic heterocycles. The first kappa shape index (κ1) is 6.64. The highest BCUT2D eigenvalue weighted by Crippen LogP contribution is 2.16. The van der Waals surface area contributed by atoms with Crippen molar-refractivity contribution in [1.82, 2.24) is 0 Å². The van der Waals surface area contributed by atoms with Crippen molar-refractivity contribution in [2.45, 2.75) is 19.3 Å². The van der Waals surface area contributed by atoms with Crippen molar-refractivity contribution in [3.8, 4) is 12.3 Å². The third kappa shape index (κ3) is 2.07. The molecule has 1 heteroatoms. The quantitative estimate of drug-likeness (QED) is 0.480. The summed E-state index contributed by atoms with van der Waals surface area (Å²) < 4.78 is 5.18. The summed E-state index contributed by atoms with van der Waals surface area (Å²) in [6.45, 7) is 1.82. The molecule has 0 unspecified atom stereocenters. The van der Waals surface area contributed by atoms with Crippen LogP contribution in [0.3, 0.4) is 0 Å². The third-order valence-corrected chi connectivity index (χ3v) is 1.75. The van der Waals surface area contributed by atoms with Crippen LogP contribution in [0, 0.1) is 18.3 Å². The van der Waals surface area contributed by atoms with Gasteiger partial charge in [0.15, 0.2) is 0 Å². The number of rotatable bonds is 1. The van der Waals surface area contributed by atoms with Crippen LogP contribution in [-0.2, 0) is 4.74 Å². The zero-order valence-corrected chi connectivity index (χ0v) is 5.60. The average Bonchev–Trinajstić information content (AvgIpc) is 1.91. The maximum Gasteiger partial charge on any atom is 0.0469 e. The van der Waals surface area contributed by atoms with Gasteiger partial charge < -0.3 is 4.74 Å².